The summed E-state index contributed by atoms with van der Waals surface area (Å²) >= 11 is 0. The Morgan fingerprint density at radius 3 is 2.38 bits per heavy atom. The minimum absolute atomic E-state index is 0.164. The standard InChI is InChI=1S/C23H21NO2/c1-17-11-13-20(15-18(17)2)24-23(25)14-12-19-7-6-10-22(16-19)26-21-8-4-3-5-9-21/h3-16H,1-2H3,(H,24,25). The smallest absolute Gasteiger partial charge is 0.248 e. The molecule has 26 heavy (non-hydrogen) atoms. The fraction of sp³-hybridized carbons (Fsp3) is 0.0870. The van der Waals surface area contributed by atoms with Gasteiger partial charge in [-0.1, -0.05) is 36.4 Å². The summed E-state index contributed by atoms with van der Waals surface area (Å²) in [4.78, 5) is 12.1. The van der Waals surface area contributed by atoms with Crippen molar-refractivity contribution in [2.24, 2.45) is 0 Å². The van der Waals surface area contributed by atoms with E-state index >= 15 is 0 Å². The summed E-state index contributed by atoms with van der Waals surface area (Å²) in [5.41, 5.74) is 4.05. The number of carbonyl (C=O) groups excluding carboxylic acids is 1. The van der Waals surface area contributed by atoms with Gasteiger partial charge in [0, 0.05) is 11.8 Å². The number of rotatable bonds is 5. The highest BCUT2D eigenvalue weighted by Crippen LogP contribution is 2.22. The van der Waals surface area contributed by atoms with Gasteiger partial charge in [-0.25, -0.2) is 0 Å². The van der Waals surface area contributed by atoms with E-state index in [9.17, 15) is 4.79 Å². The van der Waals surface area contributed by atoms with Gasteiger partial charge in [-0.05, 0) is 73.0 Å². The second-order valence-electron chi connectivity index (χ2n) is 6.11. The summed E-state index contributed by atoms with van der Waals surface area (Å²) in [6.07, 6.45) is 3.30. The van der Waals surface area contributed by atoms with Crippen LogP contribution in [-0.2, 0) is 4.79 Å². The van der Waals surface area contributed by atoms with Crippen LogP contribution in [0.3, 0.4) is 0 Å². The Kier molecular flexibility index (Phi) is 5.49. The van der Waals surface area contributed by atoms with Crippen LogP contribution in [0, 0.1) is 13.8 Å². The number of hydrogen-bond donors (Lipinski definition) is 1. The Bertz CT molecular complexity index is 930. The lowest BCUT2D eigenvalue weighted by molar-refractivity contribution is -0.111. The van der Waals surface area contributed by atoms with Gasteiger partial charge in [-0.2, -0.15) is 0 Å². The number of amides is 1. The van der Waals surface area contributed by atoms with Gasteiger partial charge in [0.15, 0.2) is 0 Å². The first-order valence-corrected chi connectivity index (χ1v) is 8.49. The van der Waals surface area contributed by atoms with Crippen LogP contribution in [0.25, 0.3) is 6.08 Å². The molecule has 1 N–H and O–H groups in total. The van der Waals surface area contributed by atoms with Gasteiger partial charge in [0.25, 0.3) is 0 Å². The molecule has 130 valence electrons. The van der Waals surface area contributed by atoms with Crippen LogP contribution in [0.1, 0.15) is 16.7 Å². The van der Waals surface area contributed by atoms with Crippen molar-refractivity contribution in [1.29, 1.82) is 0 Å². The Balaban J connectivity index is 1.65. The number of ether oxygens (including phenoxy) is 1. The van der Waals surface area contributed by atoms with Crippen molar-refractivity contribution in [3.8, 4) is 11.5 Å². The van der Waals surface area contributed by atoms with E-state index in [4.69, 9.17) is 4.74 Å². The summed E-state index contributed by atoms with van der Waals surface area (Å²) < 4.78 is 5.81. The molecule has 0 aliphatic heterocycles. The van der Waals surface area contributed by atoms with E-state index in [1.54, 1.807) is 6.08 Å². The third-order valence-corrected chi connectivity index (χ3v) is 4.04. The molecule has 3 heteroatoms. The lowest BCUT2D eigenvalue weighted by Crippen LogP contribution is -2.07. The molecule has 3 rings (SSSR count). The molecule has 1 amide bonds. The number of carbonyl (C=O) groups is 1. The van der Waals surface area contributed by atoms with Gasteiger partial charge in [0.2, 0.25) is 5.91 Å². The largest absolute Gasteiger partial charge is 0.457 e. The zero-order valence-corrected chi connectivity index (χ0v) is 14.9. The van der Waals surface area contributed by atoms with Crippen LogP contribution in [0.4, 0.5) is 5.69 Å². The minimum atomic E-state index is -0.164. The SMILES string of the molecule is Cc1ccc(NC(=O)C=Cc2cccc(Oc3ccccc3)c2)cc1C. The van der Waals surface area contributed by atoms with E-state index in [1.807, 2.05) is 86.6 Å². The third kappa shape index (κ3) is 4.84. The number of hydrogen-bond acceptors (Lipinski definition) is 2. The fourth-order valence-corrected chi connectivity index (χ4v) is 2.48. The van der Waals surface area contributed by atoms with E-state index in [0.29, 0.717) is 0 Å². The van der Waals surface area contributed by atoms with Crippen LogP contribution >= 0.6 is 0 Å². The highest BCUT2D eigenvalue weighted by atomic mass is 16.5. The molecule has 0 aromatic heterocycles. The minimum Gasteiger partial charge on any atom is -0.457 e. The highest BCUT2D eigenvalue weighted by molar-refractivity contribution is 6.02. The average molecular weight is 343 g/mol. The van der Waals surface area contributed by atoms with Crippen molar-refractivity contribution >= 4 is 17.7 Å². The van der Waals surface area contributed by atoms with E-state index in [-0.39, 0.29) is 5.91 Å². The van der Waals surface area contributed by atoms with E-state index in [1.165, 1.54) is 11.6 Å². The molecule has 3 nitrogen and oxygen atoms in total. The van der Waals surface area contributed by atoms with Gasteiger partial charge in [-0.15, -0.1) is 0 Å². The lowest BCUT2D eigenvalue weighted by Gasteiger charge is -2.06. The predicted octanol–water partition coefficient (Wildman–Crippen LogP) is 5.75. The Hall–Kier alpha value is -3.33. The summed E-state index contributed by atoms with van der Waals surface area (Å²) in [6.45, 7) is 4.07. The normalized spacial score (nSPS) is 10.7. The molecule has 0 unspecified atom stereocenters. The molecule has 0 aliphatic rings. The summed E-state index contributed by atoms with van der Waals surface area (Å²) in [5, 5.41) is 2.88. The zero-order chi connectivity index (χ0) is 18.4. The van der Waals surface area contributed by atoms with Crippen LogP contribution in [0.2, 0.25) is 0 Å². The number of benzene rings is 3. The maximum absolute atomic E-state index is 12.1. The molecule has 0 heterocycles. The van der Waals surface area contributed by atoms with Gasteiger partial charge in [0.1, 0.15) is 11.5 Å². The first-order chi connectivity index (χ1) is 12.6. The summed E-state index contributed by atoms with van der Waals surface area (Å²) in [7, 11) is 0. The van der Waals surface area contributed by atoms with Crippen molar-refractivity contribution in [2.45, 2.75) is 13.8 Å². The summed E-state index contributed by atoms with van der Waals surface area (Å²) in [6, 6.07) is 23.1. The first-order valence-electron chi connectivity index (χ1n) is 8.49. The van der Waals surface area contributed by atoms with Crippen molar-refractivity contribution in [3.05, 3.63) is 95.6 Å². The van der Waals surface area contributed by atoms with E-state index in [2.05, 4.69) is 5.32 Å². The average Bonchev–Trinajstić information content (AvgIpc) is 2.64. The quantitative estimate of drug-likeness (QED) is 0.599. The Morgan fingerprint density at radius 1 is 0.846 bits per heavy atom. The van der Waals surface area contributed by atoms with Crippen LogP contribution < -0.4 is 10.1 Å². The second kappa shape index (κ2) is 8.17. The molecule has 3 aromatic rings. The van der Waals surface area contributed by atoms with Crippen molar-refractivity contribution < 1.29 is 9.53 Å². The molecule has 0 saturated carbocycles. The molecule has 0 aliphatic carbocycles. The topological polar surface area (TPSA) is 38.3 Å². The maximum Gasteiger partial charge on any atom is 0.248 e. The summed E-state index contributed by atoms with van der Waals surface area (Å²) in [5.74, 6) is 1.34. The molecule has 0 atom stereocenters. The van der Waals surface area contributed by atoms with Crippen LogP contribution in [-0.4, -0.2) is 5.91 Å². The number of para-hydroxylation sites is 1. The second-order valence-corrected chi connectivity index (χ2v) is 6.11. The van der Waals surface area contributed by atoms with Gasteiger partial charge < -0.3 is 10.1 Å². The van der Waals surface area contributed by atoms with Gasteiger partial charge in [-0.3, -0.25) is 4.79 Å². The van der Waals surface area contributed by atoms with Crippen molar-refractivity contribution in [2.75, 3.05) is 5.32 Å². The molecule has 3 aromatic carbocycles. The first kappa shape index (κ1) is 17.5. The molecule has 0 saturated heterocycles. The monoisotopic (exact) mass is 343 g/mol. The van der Waals surface area contributed by atoms with Crippen molar-refractivity contribution in [1.82, 2.24) is 0 Å². The van der Waals surface area contributed by atoms with E-state index < -0.39 is 0 Å². The molecule has 0 radical (unpaired) electrons. The molecule has 0 fully saturated rings. The molecular weight excluding hydrogens is 322 g/mol. The number of aryl methyl sites for hydroxylation is 2. The van der Waals surface area contributed by atoms with Crippen LogP contribution in [0.5, 0.6) is 11.5 Å². The van der Waals surface area contributed by atoms with Gasteiger partial charge >= 0.3 is 0 Å². The molecular formula is C23H21NO2. The molecule has 0 bridgehead atoms. The number of anilines is 1. The Morgan fingerprint density at radius 2 is 1.62 bits per heavy atom. The maximum atomic E-state index is 12.1. The highest BCUT2D eigenvalue weighted by Gasteiger charge is 2.01. The predicted molar refractivity (Wildman–Crippen MR) is 107 cm³/mol. The Labute approximate surface area is 154 Å². The number of nitrogens with one attached hydrogen (secondary N) is 1. The molecule has 0 spiro atoms. The zero-order valence-electron chi connectivity index (χ0n) is 14.9. The van der Waals surface area contributed by atoms with E-state index in [0.717, 1.165) is 28.3 Å². The van der Waals surface area contributed by atoms with Crippen molar-refractivity contribution in [3.63, 3.8) is 0 Å². The van der Waals surface area contributed by atoms with Crippen LogP contribution in [0.15, 0.2) is 78.9 Å². The fourth-order valence-electron chi connectivity index (χ4n) is 2.48. The van der Waals surface area contributed by atoms with Gasteiger partial charge in [0.05, 0.1) is 0 Å². The lowest BCUT2D eigenvalue weighted by atomic mass is 10.1. The third-order valence-electron chi connectivity index (χ3n) is 4.04.